The van der Waals surface area contributed by atoms with Gasteiger partial charge in [-0.1, -0.05) is 36.0 Å². The first kappa shape index (κ1) is 17.9. The number of anilines is 1. The first-order valence-electron chi connectivity index (χ1n) is 8.04. The monoisotopic (exact) mass is 369 g/mol. The molecule has 3 aromatic rings. The number of carbonyl (C=O) groups excluding carboxylic acids is 1. The third-order valence-corrected chi connectivity index (χ3v) is 4.74. The van der Waals surface area contributed by atoms with Crippen molar-refractivity contribution in [3.05, 3.63) is 54.1 Å². The van der Waals surface area contributed by atoms with Crippen molar-refractivity contribution in [2.24, 2.45) is 0 Å². The van der Waals surface area contributed by atoms with E-state index in [1.54, 1.807) is 23.9 Å². The number of hydrogen-bond donors (Lipinski definition) is 1. The van der Waals surface area contributed by atoms with Crippen LogP contribution >= 0.6 is 11.8 Å². The van der Waals surface area contributed by atoms with E-state index in [-0.39, 0.29) is 5.91 Å². The number of rotatable bonds is 6. The minimum Gasteiger partial charge on any atom is -0.495 e. The van der Waals surface area contributed by atoms with Crippen molar-refractivity contribution in [1.82, 2.24) is 20.2 Å². The molecule has 7 nitrogen and oxygen atoms in total. The van der Waals surface area contributed by atoms with Gasteiger partial charge in [-0.2, -0.15) is 4.68 Å². The van der Waals surface area contributed by atoms with Gasteiger partial charge in [0, 0.05) is 0 Å². The van der Waals surface area contributed by atoms with Gasteiger partial charge < -0.3 is 10.1 Å². The van der Waals surface area contributed by atoms with E-state index < -0.39 is 5.25 Å². The fourth-order valence-electron chi connectivity index (χ4n) is 2.37. The van der Waals surface area contributed by atoms with Crippen LogP contribution in [-0.4, -0.2) is 38.5 Å². The first-order valence-corrected chi connectivity index (χ1v) is 8.92. The fourth-order valence-corrected chi connectivity index (χ4v) is 3.18. The van der Waals surface area contributed by atoms with Crippen LogP contribution < -0.4 is 10.1 Å². The molecular formula is C18H19N5O2S. The van der Waals surface area contributed by atoms with E-state index in [1.807, 2.05) is 50.2 Å². The third kappa shape index (κ3) is 4.02. The molecule has 0 saturated carbocycles. The van der Waals surface area contributed by atoms with Crippen LogP contribution in [0.2, 0.25) is 0 Å². The number of carbonyl (C=O) groups is 1. The molecule has 0 unspecified atom stereocenters. The summed E-state index contributed by atoms with van der Waals surface area (Å²) in [6.07, 6.45) is 0. The first-order chi connectivity index (χ1) is 12.6. The number of hydrogen-bond acceptors (Lipinski definition) is 6. The predicted octanol–water partition coefficient (Wildman–Crippen LogP) is 3.10. The Bertz CT molecular complexity index is 912. The molecule has 1 heterocycles. The summed E-state index contributed by atoms with van der Waals surface area (Å²) in [5.41, 5.74) is 2.59. The Morgan fingerprint density at radius 2 is 2.04 bits per heavy atom. The topological polar surface area (TPSA) is 81.9 Å². The van der Waals surface area contributed by atoms with Gasteiger partial charge in [-0.05, 0) is 54.1 Å². The van der Waals surface area contributed by atoms with Crippen molar-refractivity contribution < 1.29 is 9.53 Å². The Hall–Kier alpha value is -2.87. The highest BCUT2D eigenvalue weighted by atomic mass is 32.2. The third-order valence-electron chi connectivity index (χ3n) is 3.70. The second-order valence-corrected chi connectivity index (χ2v) is 6.97. The summed E-state index contributed by atoms with van der Waals surface area (Å²) in [5, 5.41) is 14.9. The van der Waals surface area contributed by atoms with Gasteiger partial charge in [0.15, 0.2) is 0 Å². The molecule has 1 N–H and O–H groups in total. The number of para-hydroxylation sites is 2. The standard InChI is InChI=1S/C18H19N5O2S/c1-12-7-6-8-14(11-12)23-18(20-21-22-23)26-13(2)17(24)19-15-9-4-5-10-16(15)25-3/h4-11,13H,1-3H3,(H,19,24)/t13-/m1/s1. The number of thioether (sulfide) groups is 1. The van der Waals surface area contributed by atoms with Crippen LogP contribution in [-0.2, 0) is 4.79 Å². The Labute approximate surface area is 155 Å². The summed E-state index contributed by atoms with van der Waals surface area (Å²) in [6.45, 7) is 3.81. The van der Waals surface area contributed by atoms with Gasteiger partial charge in [-0.3, -0.25) is 4.79 Å². The van der Waals surface area contributed by atoms with Crippen molar-refractivity contribution in [3.8, 4) is 11.4 Å². The Morgan fingerprint density at radius 1 is 1.23 bits per heavy atom. The lowest BCUT2D eigenvalue weighted by atomic mass is 10.2. The maximum absolute atomic E-state index is 12.5. The van der Waals surface area contributed by atoms with E-state index in [0.717, 1.165) is 11.3 Å². The number of ether oxygens (including phenoxy) is 1. The number of amides is 1. The van der Waals surface area contributed by atoms with Crippen molar-refractivity contribution in [2.45, 2.75) is 24.3 Å². The highest BCUT2D eigenvalue weighted by Crippen LogP contribution is 2.27. The van der Waals surface area contributed by atoms with Gasteiger partial charge >= 0.3 is 0 Å². The molecular weight excluding hydrogens is 350 g/mol. The van der Waals surface area contributed by atoms with Gasteiger partial charge in [0.1, 0.15) is 5.75 Å². The Kier molecular flexibility index (Phi) is 5.52. The van der Waals surface area contributed by atoms with Crippen molar-refractivity contribution in [2.75, 3.05) is 12.4 Å². The van der Waals surface area contributed by atoms with Gasteiger partial charge in [-0.25, -0.2) is 0 Å². The SMILES string of the molecule is COc1ccccc1NC(=O)[C@@H](C)Sc1nnnn1-c1cccc(C)c1. The molecule has 0 aliphatic rings. The van der Waals surface area contributed by atoms with Crippen LogP contribution in [0.3, 0.4) is 0 Å². The van der Waals surface area contributed by atoms with Crippen LogP contribution in [0, 0.1) is 6.92 Å². The molecule has 1 amide bonds. The summed E-state index contributed by atoms with van der Waals surface area (Å²) in [7, 11) is 1.57. The predicted molar refractivity (Wildman–Crippen MR) is 101 cm³/mol. The van der Waals surface area contributed by atoms with Gasteiger partial charge in [0.25, 0.3) is 0 Å². The fraction of sp³-hybridized carbons (Fsp3) is 0.222. The van der Waals surface area contributed by atoms with Gasteiger partial charge in [0.05, 0.1) is 23.7 Å². The molecule has 0 spiro atoms. The zero-order valence-electron chi connectivity index (χ0n) is 14.7. The van der Waals surface area contributed by atoms with Gasteiger partial charge in [-0.15, -0.1) is 5.10 Å². The number of tetrazole rings is 1. The zero-order valence-corrected chi connectivity index (χ0v) is 15.5. The summed E-state index contributed by atoms with van der Waals surface area (Å²) in [6, 6.07) is 15.1. The van der Waals surface area contributed by atoms with Gasteiger partial charge in [0.2, 0.25) is 11.1 Å². The van der Waals surface area contributed by atoms with Crippen molar-refractivity contribution >= 4 is 23.4 Å². The van der Waals surface area contributed by atoms with Crippen LogP contribution in [0.15, 0.2) is 53.7 Å². The van der Waals surface area contributed by atoms with Crippen molar-refractivity contribution in [3.63, 3.8) is 0 Å². The summed E-state index contributed by atoms with van der Waals surface area (Å²) < 4.78 is 6.89. The van der Waals surface area contributed by atoms with Crippen LogP contribution in [0.5, 0.6) is 5.75 Å². The molecule has 0 radical (unpaired) electrons. The Morgan fingerprint density at radius 3 is 2.81 bits per heavy atom. The minimum atomic E-state index is -0.394. The largest absolute Gasteiger partial charge is 0.495 e. The molecule has 1 atom stereocenters. The quantitative estimate of drug-likeness (QED) is 0.673. The average molecular weight is 369 g/mol. The smallest absolute Gasteiger partial charge is 0.237 e. The van der Waals surface area contributed by atoms with E-state index in [2.05, 4.69) is 20.8 Å². The Balaban J connectivity index is 1.73. The number of aryl methyl sites for hydroxylation is 1. The minimum absolute atomic E-state index is 0.154. The molecule has 2 aromatic carbocycles. The number of nitrogens with zero attached hydrogens (tertiary/aromatic N) is 4. The summed E-state index contributed by atoms with van der Waals surface area (Å²) >= 11 is 1.29. The van der Waals surface area contributed by atoms with Crippen LogP contribution in [0.25, 0.3) is 5.69 Å². The van der Waals surface area contributed by atoms with Crippen molar-refractivity contribution in [1.29, 1.82) is 0 Å². The van der Waals surface area contributed by atoms with Crippen LogP contribution in [0.4, 0.5) is 5.69 Å². The summed E-state index contributed by atoms with van der Waals surface area (Å²) in [5.74, 6) is 0.459. The number of benzene rings is 2. The molecule has 0 fully saturated rings. The van der Waals surface area contributed by atoms with E-state index in [0.29, 0.717) is 16.6 Å². The maximum Gasteiger partial charge on any atom is 0.237 e. The van der Waals surface area contributed by atoms with E-state index >= 15 is 0 Å². The average Bonchev–Trinajstić information content (AvgIpc) is 3.10. The second kappa shape index (κ2) is 8.01. The van der Waals surface area contributed by atoms with Crippen LogP contribution in [0.1, 0.15) is 12.5 Å². The normalized spacial score (nSPS) is 11.8. The lowest BCUT2D eigenvalue weighted by molar-refractivity contribution is -0.115. The molecule has 26 heavy (non-hydrogen) atoms. The molecule has 8 heteroatoms. The molecule has 0 aliphatic carbocycles. The van der Waals surface area contributed by atoms with E-state index in [4.69, 9.17) is 4.74 Å². The molecule has 1 aromatic heterocycles. The number of aromatic nitrogens is 4. The molecule has 134 valence electrons. The highest BCUT2D eigenvalue weighted by Gasteiger charge is 2.20. The maximum atomic E-state index is 12.5. The highest BCUT2D eigenvalue weighted by molar-refractivity contribution is 8.00. The van der Waals surface area contributed by atoms with E-state index in [1.165, 1.54) is 11.8 Å². The number of methoxy groups -OCH3 is 1. The molecule has 3 rings (SSSR count). The number of nitrogens with one attached hydrogen (secondary N) is 1. The van der Waals surface area contributed by atoms with E-state index in [9.17, 15) is 4.79 Å². The molecule has 0 bridgehead atoms. The molecule has 0 saturated heterocycles. The molecule has 0 aliphatic heterocycles. The summed E-state index contributed by atoms with van der Waals surface area (Å²) in [4.78, 5) is 12.5. The lowest BCUT2D eigenvalue weighted by Crippen LogP contribution is -2.23. The second-order valence-electron chi connectivity index (χ2n) is 5.66. The lowest BCUT2D eigenvalue weighted by Gasteiger charge is -2.13. The zero-order chi connectivity index (χ0) is 18.5.